The van der Waals surface area contributed by atoms with Gasteiger partial charge in [0.15, 0.2) is 0 Å². The van der Waals surface area contributed by atoms with Gasteiger partial charge in [-0.2, -0.15) is 0 Å². The summed E-state index contributed by atoms with van der Waals surface area (Å²) in [5.74, 6) is 0. The molecule has 0 aromatic rings. The van der Waals surface area contributed by atoms with E-state index < -0.39 is 38.8 Å². The zero-order chi connectivity index (χ0) is 15.3. The molecule has 0 aromatic heterocycles. The van der Waals surface area contributed by atoms with E-state index in [9.17, 15) is 5.11 Å². The first kappa shape index (κ1) is 2.96. The maximum Gasteiger partial charge on any atom is 0.0789 e. The number of β-amino-alcohol motifs (C(OH)–C–C–N with tert-alkyl or cyclic N) is 1. The van der Waals surface area contributed by atoms with Crippen LogP contribution in [-0.2, 0) is 4.74 Å². The summed E-state index contributed by atoms with van der Waals surface area (Å²) >= 11 is 0. The molecule has 1 fully saturated rings. The minimum atomic E-state index is -3.09. The second kappa shape index (κ2) is 4.66. The third kappa shape index (κ3) is 3.16. The van der Waals surface area contributed by atoms with Crippen molar-refractivity contribution in [3.63, 3.8) is 0 Å². The lowest BCUT2D eigenvalue weighted by molar-refractivity contribution is 0.0164. The fourth-order valence-corrected chi connectivity index (χ4v) is 0.586. The summed E-state index contributed by atoms with van der Waals surface area (Å²) in [6, 6.07) is 0. The van der Waals surface area contributed by atoms with Gasteiger partial charge in [-0.3, -0.25) is 4.90 Å². The monoisotopic (exact) mass is 168 g/mol. The van der Waals surface area contributed by atoms with E-state index in [4.69, 9.17) is 16.7 Å². The zero-order valence-electron chi connectivity index (χ0n) is 13.9. The SMILES string of the molecule is [2H]C1([2H])OC([2H])([2H])C([2H])([2H])N(C[C@H](O)CN)C1([2H])[2H]. The summed E-state index contributed by atoms with van der Waals surface area (Å²) in [7, 11) is 0. The van der Waals surface area contributed by atoms with Crippen molar-refractivity contribution >= 4 is 0 Å². The number of aliphatic hydroxyl groups excluding tert-OH is 1. The fourth-order valence-electron chi connectivity index (χ4n) is 0.586. The first-order valence-electron chi connectivity index (χ1n) is 7.15. The van der Waals surface area contributed by atoms with Gasteiger partial charge in [0.05, 0.1) is 24.7 Å². The van der Waals surface area contributed by atoms with Crippen LogP contribution in [0.1, 0.15) is 11.0 Å². The highest BCUT2D eigenvalue weighted by Crippen LogP contribution is 1.97. The van der Waals surface area contributed by atoms with Crippen molar-refractivity contribution in [3.8, 4) is 0 Å². The fraction of sp³-hybridized carbons (Fsp3) is 1.00. The van der Waals surface area contributed by atoms with Gasteiger partial charge in [0.25, 0.3) is 0 Å². The van der Waals surface area contributed by atoms with Crippen molar-refractivity contribution in [1.29, 1.82) is 0 Å². The van der Waals surface area contributed by atoms with Crippen LogP contribution in [0, 0.1) is 0 Å². The van der Waals surface area contributed by atoms with E-state index in [2.05, 4.69) is 4.74 Å². The molecule has 11 heavy (non-hydrogen) atoms. The Morgan fingerprint density at radius 3 is 2.82 bits per heavy atom. The Bertz CT molecular complexity index is 324. The van der Waals surface area contributed by atoms with Gasteiger partial charge in [0, 0.05) is 31.6 Å². The molecule has 0 bridgehead atoms. The average molecular weight is 168 g/mol. The molecule has 4 heteroatoms. The number of aliphatic hydroxyl groups is 1. The molecule has 1 saturated heterocycles. The largest absolute Gasteiger partial charge is 0.390 e. The van der Waals surface area contributed by atoms with Crippen molar-refractivity contribution in [2.45, 2.75) is 6.10 Å². The predicted octanol–water partition coefficient (Wildman–Crippen LogP) is -1.36. The summed E-state index contributed by atoms with van der Waals surface area (Å²) in [5.41, 5.74) is 5.16. The number of morpholine rings is 1. The maximum atomic E-state index is 9.43. The summed E-state index contributed by atoms with van der Waals surface area (Å²) in [6.45, 7) is -13.1. The third-order valence-corrected chi connectivity index (χ3v) is 1.13. The van der Waals surface area contributed by atoms with Crippen LogP contribution in [0.15, 0.2) is 0 Å². The molecular formula is C7H16N2O2. The van der Waals surface area contributed by atoms with E-state index >= 15 is 0 Å². The number of rotatable bonds is 3. The predicted molar refractivity (Wildman–Crippen MR) is 42.3 cm³/mol. The molecule has 1 rings (SSSR count). The van der Waals surface area contributed by atoms with E-state index in [1.54, 1.807) is 0 Å². The average Bonchev–Trinajstić information content (AvgIpc) is 2.21. The molecule has 0 amide bonds. The maximum absolute atomic E-state index is 9.43. The summed E-state index contributed by atoms with van der Waals surface area (Å²) in [4.78, 5) is 0.265. The molecule has 0 aromatic carbocycles. The molecule has 66 valence electrons. The van der Waals surface area contributed by atoms with E-state index in [0.717, 1.165) is 0 Å². The second-order valence-electron chi connectivity index (χ2n) is 2.03. The highest BCUT2D eigenvalue weighted by molar-refractivity contribution is 4.67. The van der Waals surface area contributed by atoms with Gasteiger partial charge in [0.2, 0.25) is 0 Å². The minimum Gasteiger partial charge on any atom is -0.390 e. The van der Waals surface area contributed by atoms with Crippen LogP contribution in [0.4, 0.5) is 0 Å². The molecule has 3 N–H and O–H groups in total. The van der Waals surface area contributed by atoms with E-state index in [1.165, 1.54) is 0 Å². The van der Waals surface area contributed by atoms with Crippen molar-refractivity contribution in [3.05, 3.63) is 0 Å². The quantitative estimate of drug-likeness (QED) is 0.546. The smallest absolute Gasteiger partial charge is 0.0789 e. The third-order valence-electron chi connectivity index (χ3n) is 1.13. The molecule has 0 radical (unpaired) electrons. The molecule has 1 heterocycles. The number of ether oxygens (including phenoxy) is 1. The lowest BCUT2D eigenvalue weighted by Gasteiger charge is -2.27. The molecule has 0 aliphatic carbocycles. The Hall–Kier alpha value is -0.160. The molecule has 1 atom stereocenters. The molecule has 0 spiro atoms. The van der Waals surface area contributed by atoms with Crippen LogP contribution in [0.5, 0.6) is 0 Å². The van der Waals surface area contributed by atoms with Crippen LogP contribution in [0.2, 0.25) is 0 Å². The summed E-state index contributed by atoms with van der Waals surface area (Å²) < 4.78 is 64.4. The zero-order valence-corrected chi connectivity index (χ0v) is 5.87. The van der Waals surface area contributed by atoms with Crippen molar-refractivity contribution in [2.75, 3.05) is 39.2 Å². The van der Waals surface area contributed by atoms with Crippen molar-refractivity contribution < 1.29 is 20.8 Å². The molecule has 0 saturated carbocycles. The highest BCUT2D eigenvalue weighted by Gasteiger charge is 2.12. The molecular weight excluding hydrogens is 144 g/mol. The summed E-state index contributed by atoms with van der Waals surface area (Å²) in [5, 5.41) is 9.43. The lowest BCUT2D eigenvalue weighted by atomic mass is 10.3. The first-order valence-corrected chi connectivity index (χ1v) is 3.15. The molecule has 1 aliphatic heterocycles. The van der Waals surface area contributed by atoms with Crippen molar-refractivity contribution in [1.82, 2.24) is 4.90 Å². The normalized spacial score (nSPS) is 52.5. The Kier molecular flexibility index (Phi) is 1.25. The van der Waals surface area contributed by atoms with Crippen molar-refractivity contribution in [2.24, 2.45) is 5.73 Å². The van der Waals surface area contributed by atoms with Gasteiger partial charge in [0.1, 0.15) is 0 Å². The van der Waals surface area contributed by atoms with Crippen LogP contribution in [0.3, 0.4) is 0 Å². The lowest BCUT2D eigenvalue weighted by Crippen LogP contribution is -2.42. The Balaban J connectivity index is 3.25. The number of nitrogens with two attached hydrogens (primary N) is 1. The van der Waals surface area contributed by atoms with Gasteiger partial charge in [-0.05, 0) is 0 Å². The number of hydrogen-bond acceptors (Lipinski definition) is 4. The van der Waals surface area contributed by atoms with Gasteiger partial charge < -0.3 is 15.6 Å². The van der Waals surface area contributed by atoms with E-state index in [0.29, 0.717) is 0 Å². The standard InChI is InChI=1S/C7H16N2O2/c8-5-7(10)6-9-1-3-11-4-2-9/h7,10H,1-6,8H2/t7-/m1/s1/i1D2,2D2,3D2,4D2. The Morgan fingerprint density at radius 2 is 2.27 bits per heavy atom. The van der Waals surface area contributed by atoms with E-state index in [-0.39, 0.29) is 11.4 Å². The molecule has 0 unspecified atom stereocenters. The van der Waals surface area contributed by atoms with Gasteiger partial charge in [-0.1, -0.05) is 0 Å². The van der Waals surface area contributed by atoms with E-state index in [1.807, 2.05) is 0 Å². The summed E-state index contributed by atoms with van der Waals surface area (Å²) in [6.07, 6.45) is -1.32. The van der Waals surface area contributed by atoms with Crippen LogP contribution < -0.4 is 5.73 Å². The topological polar surface area (TPSA) is 58.7 Å². The minimum absolute atomic E-state index is 0.265. The van der Waals surface area contributed by atoms with Gasteiger partial charge in [-0.25, -0.2) is 0 Å². The number of nitrogens with zero attached hydrogens (tertiary/aromatic N) is 1. The Labute approximate surface area is 78.2 Å². The molecule has 4 nitrogen and oxygen atoms in total. The second-order valence-corrected chi connectivity index (χ2v) is 2.03. The van der Waals surface area contributed by atoms with Crippen LogP contribution >= 0.6 is 0 Å². The molecule has 1 aliphatic rings. The van der Waals surface area contributed by atoms with Gasteiger partial charge >= 0.3 is 0 Å². The highest BCUT2D eigenvalue weighted by atomic mass is 16.5. The first-order chi connectivity index (χ1) is 8.29. The Morgan fingerprint density at radius 1 is 1.64 bits per heavy atom. The van der Waals surface area contributed by atoms with Crippen LogP contribution in [0.25, 0.3) is 0 Å². The number of hydrogen-bond donors (Lipinski definition) is 2. The van der Waals surface area contributed by atoms with Gasteiger partial charge in [-0.15, -0.1) is 0 Å². The van der Waals surface area contributed by atoms with Crippen LogP contribution in [-0.4, -0.2) is 55.3 Å².